The van der Waals surface area contributed by atoms with Gasteiger partial charge in [-0.05, 0) is 17.7 Å². The predicted molar refractivity (Wildman–Crippen MR) is 301 cm³/mol. The number of nitrogens with two attached hydrogens (primary N) is 3. The zero-order chi connectivity index (χ0) is 73.5. The number of anilines is 3. The molecule has 5 aromatic heterocycles. The Hall–Kier alpha value is -10.4. The lowest BCUT2D eigenvalue weighted by molar-refractivity contribution is -0.124. The van der Waals surface area contributed by atoms with Crippen molar-refractivity contribution < 1.29 is 105 Å². The van der Waals surface area contributed by atoms with Gasteiger partial charge in [0.1, 0.15) is 17.7 Å². The van der Waals surface area contributed by atoms with Crippen LogP contribution in [0.2, 0.25) is 0 Å². The number of nitrogen functional groups attached to an aromatic ring is 3. The van der Waals surface area contributed by atoms with Crippen LogP contribution >= 0.6 is 0 Å². The Bertz CT molecular complexity index is 4430. The first-order valence-corrected chi connectivity index (χ1v) is 26.8. The highest BCUT2D eigenvalue weighted by Crippen LogP contribution is 2.44. The molecule has 5 aliphatic heterocycles. The molecule has 20 atom stereocenters. The minimum absolute atomic E-state index is 0.0474. The van der Waals surface area contributed by atoms with E-state index in [1.54, 1.807) is 4.98 Å². The summed E-state index contributed by atoms with van der Waals surface area (Å²) < 4.78 is 124. The molecule has 10 heterocycles. The molecule has 5 aromatic rings. The van der Waals surface area contributed by atoms with E-state index in [2.05, 4.69) is 44.4 Å². The Kier molecular flexibility index (Phi) is 23.7. The lowest BCUT2D eigenvalue weighted by Gasteiger charge is -2.23. The van der Waals surface area contributed by atoms with Gasteiger partial charge in [-0.1, -0.05) is 5.11 Å². The highest BCUT2D eigenvalue weighted by Gasteiger charge is 2.66. The fourth-order valence-corrected chi connectivity index (χ4v) is 9.31. The molecule has 18 N–H and O–H groups in total. The first kappa shape index (κ1) is 76.6. The molecule has 98 heavy (non-hydrogen) atoms. The van der Waals surface area contributed by atoms with Gasteiger partial charge in [-0.3, -0.25) is 80.7 Å². The van der Waals surface area contributed by atoms with Crippen molar-refractivity contribution in [2.45, 2.75) is 121 Å². The minimum atomic E-state index is -2.28. The van der Waals surface area contributed by atoms with Crippen LogP contribution in [-0.2, 0) is 23.7 Å². The van der Waals surface area contributed by atoms with E-state index in [0.29, 0.717) is 26.1 Å². The van der Waals surface area contributed by atoms with Crippen LogP contribution in [0.15, 0.2) is 87.9 Å². The summed E-state index contributed by atoms with van der Waals surface area (Å²) in [5, 5.41) is 96.8. The molecule has 0 amide bonds. The van der Waals surface area contributed by atoms with E-state index in [0.717, 1.165) is 33.8 Å². The van der Waals surface area contributed by atoms with Crippen molar-refractivity contribution in [1.29, 1.82) is 0 Å². The molecule has 0 aliphatic carbocycles. The van der Waals surface area contributed by atoms with Gasteiger partial charge in [0, 0.05) is 29.6 Å². The number of aliphatic hydroxyl groups is 10. The van der Waals surface area contributed by atoms with Crippen LogP contribution in [-0.4, -0.2) is 222 Å². The van der Waals surface area contributed by atoms with Crippen molar-refractivity contribution in [2.75, 3.05) is 50.2 Å². The van der Waals surface area contributed by atoms with Crippen molar-refractivity contribution in [1.82, 2.24) is 47.8 Å². The number of hydrogen-bond donors (Lipinski definition) is 15. The smallest absolute Gasteiger partial charge is 0.390 e. The molecule has 5 saturated heterocycles. The number of aromatic nitrogens is 10. The predicted octanol–water partition coefficient (Wildman–Crippen LogP) is -6.60. The zero-order valence-corrected chi connectivity index (χ0v) is 48.8. The second-order valence-electron chi connectivity index (χ2n) is 20.5. The SMILES string of the molecule is [C-]#[N+]C1(CO)OC(n2cc(F)c(=O)[nH]c2=O)C(F)C1O.[C-]#[N+]C1(CO)OC(n2cc(F)c(N)nc2=O)C(F)C1O.[C-]#[N+]C1(CO)OC(n2ccc(=O)[nH]c2=O)C(F)C1O.[C-]#[N+]C1(CO)OC(n2ccc(N)nc2=O)C(F)C1O.[N-]=[N+]=NC1(CO)OC(n2ccc(N)nc2=O)C(F)C1O. The number of rotatable bonds is 11. The quantitative estimate of drug-likeness (QED) is 0.0192. The lowest BCUT2D eigenvalue weighted by atomic mass is 10.1. The number of nitrogens with zero attached hydrogens (tertiary/aromatic N) is 15. The largest absolute Gasteiger partial charge is 0.393 e. The number of aliphatic hydroxyl groups excluding tert-OH is 10. The Labute approximate surface area is 536 Å². The summed E-state index contributed by atoms with van der Waals surface area (Å²) in [6, 6.07) is 3.46. The molecule has 5 fully saturated rings. The van der Waals surface area contributed by atoms with Gasteiger partial charge < -0.3 is 73.0 Å². The van der Waals surface area contributed by atoms with Crippen LogP contribution in [0, 0.1) is 37.9 Å². The van der Waals surface area contributed by atoms with E-state index in [1.165, 1.54) is 12.1 Å². The second-order valence-corrected chi connectivity index (χ2v) is 20.5. The number of halogens is 7. The number of alkyl halides is 5. The highest BCUT2D eigenvalue weighted by atomic mass is 19.2. The van der Waals surface area contributed by atoms with Crippen molar-refractivity contribution in [3.8, 4) is 0 Å². The third-order valence-corrected chi connectivity index (χ3v) is 14.7. The van der Waals surface area contributed by atoms with Gasteiger partial charge in [0.25, 0.3) is 11.1 Å². The maximum atomic E-state index is 14.1. The van der Waals surface area contributed by atoms with Crippen molar-refractivity contribution in [2.24, 2.45) is 5.11 Å². The van der Waals surface area contributed by atoms with Crippen LogP contribution in [0.3, 0.4) is 0 Å². The maximum absolute atomic E-state index is 14.1. The van der Waals surface area contributed by atoms with E-state index >= 15 is 0 Å². The van der Waals surface area contributed by atoms with E-state index in [1.807, 2.05) is 4.98 Å². The molecule has 0 radical (unpaired) electrons. The number of azide groups is 1. The fraction of sp³-hybridized carbons (Fsp3) is 0.510. The van der Waals surface area contributed by atoms with Crippen LogP contribution in [0.25, 0.3) is 29.8 Å². The molecule has 528 valence electrons. The summed E-state index contributed by atoms with van der Waals surface area (Å²) >= 11 is 0. The Morgan fingerprint density at radius 1 is 0.490 bits per heavy atom. The van der Waals surface area contributed by atoms with Crippen LogP contribution in [0.5, 0.6) is 0 Å². The van der Waals surface area contributed by atoms with Crippen LogP contribution < -0.4 is 56.8 Å². The molecule has 10 rings (SSSR count). The first-order chi connectivity index (χ1) is 46.1. The summed E-state index contributed by atoms with van der Waals surface area (Å²) in [6.45, 7) is 22.7. The molecule has 42 nitrogen and oxygen atoms in total. The van der Waals surface area contributed by atoms with Gasteiger partial charge >= 0.3 is 51.3 Å². The topological polar surface area (TPSA) is 607 Å². The number of H-pyrrole nitrogens is 2. The van der Waals surface area contributed by atoms with E-state index in [-0.39, 0.29) is 11.6 Å². The second kappa shape index (κ2) is 30.3. The van der Waals surface area contributed by atoms with Gasteiger partial charge in [-0.25, -0.2) is 76.6 Å². The molecule has 20 unspecified atom stereocenters. The van der Waals surface area contributed by atoms with Crippen LogP contribution in [0.1, 0.15) is 31.1 Å². The third-order valence-electron chi connectivity index (χ3n) is 14.7. The van der Waals surface area contributed by atoms with E-state index in [9.17, 15) is 94.9 Å². The number of aromatic amines is 2. The molecule has 49 heteroatoms. The average Bonchev–Trinajstić information content (AvgIpc) is 1.64. The number of hydrogen-bond acceptors (Lipinski definition) is 29. The molecule has 5 aliphatic rings. The van der Waals surface area contributed by atoms with Gasteiger partial charge in [0.05, 0.1) is 19.0 Å². The Morgan fingerprint density at radius 3 is 1.18 bits per heavy atom. The summed E-state index contributed by atoms with van der Waals surface area (Å²) in [5.41, 5.74) is 6.13. The van der Waals surface area contributed by atoms with E-state index in [4.69, 9.17) is 93.1 Å². The van der Waals surface area contributed by atoms with Crippen molar-refractivity contribution in [3.05, 3.63) is 190 Å². The standard InChI is InChI=1S/C10H10F2N4O4.C10H9F2N3O5.C10H11FN4O4.C10H10FN3O5.C9H11FN6O4/c1-14-10(3-17)6(18)5(12)8(20-10)16-2-4(11)7(13)15-9(16)19;1-13-10(3-16)6(17)5(12)8(20-10)15-2-4(11)7(18)14-9(15)19;1-13-10(4-16)7(17)6(11)8(19-10)15-3-2-5(12)14-9(15)18;1-12-10(4-15)7(17)6(11)8(19-10)14-3-2-5(16)13-9(14)18;10-5-6(18)9(3-17,14-15-12)20-7(5)16-2-1-4(11)13-8(16)19/h2,5-6,8,17-18H,3H2,(H2,13,15,19);2,5-6,8,16-17H,3H2,(H,14,18,19);2-3,6-8,16-17H,4H2,(H2,12,14,18);2-3,6-8,15,17H,4H2,(H,13,16,18);1-2,5-7,17-18H,3H2,(H2,11,13,19). The molecule has 0 aromatic carbocycles. The number of ether oxygens (including phenoxy) is 5. The molecule has 0 bridgehead atoms. The summed E-state index contributed by atoms with van der Waals surface area (Å²) in [6.07, 6.45) is -24.6. The fourth-order valence-electron chi connectivity index (χ4n) is 9.31. The minimum Gasteiger partial charge on any atom is -0.393 e. The summed E-state index contributed by atoms with van der Waals surface area (Å²) in [4.78, 5) is 107. The molecular formula is C49H51F7N20O22. The summed E-state index contributed by atoms with van der Waals surface area (Å²) in [7, 11) is 0. The Balaban J connectivity index is 0.000000193. The average molecular weight is 1410 g/mol. The van der Waals surface area contributed by atoms with Gasteiger partial charge in [-0.15, -0.1) is 0 Å². The molecular weight excluding hydrogens is 1350 g/mol. The molecule has 0 saturated carbocycles. The Morgan fingerprint density at radius 2 is 0.827 bits per heavy atom. The van der Waals surface area contributed by atoms with E-state index < -0.39 is 211 Å². The highest BCUT2D eigenvalue weighted by molar-refractivity contribution is 5.27. The van der Waals surface area contributed by atoms with Gasteiger partial charge in [-0.2, -0.15) is 19.3 Å². The maximum Gasteiger partial charge on any atom is 0.390 e. The molecule has 0 spiro atoms. The monoisotopic (exact) mass is 1400 g/mol. The zero-order valence-electron chi connectivity index (χ0n) is 48.8. The first-order valence-electron chi connectivity index (χ1n) is 26.8. The lowest BCUT2D eigenvalue weighted by Crippen LogP contribution is -2.43. The normalized spacial score (nSPS) is 33.4. The van der Waals surface area contributed by atoms with Gasteiger partial charge in [0.15, 0.2) is 124 Å². The van der Waals surface area contributed by atoms with Crippen LogP contribution in [0.4, 0.5) is 48.2 Å². The number of nitrogens with one attached hydrogen (secondary N) is 2. The van der Waals surface area contributed by atoms with Crippen molar-refractivity contribution >= 4 is 17.5 Å². The third kappa shape index (κ3) is 14.3. The van der Waals surface area contributed by atoms with Gasteiger partial charge in [0.2, 0.25) is 11.5 Å². The summed E-state index contributed by atoms with van der Waals surface area (Å²) in [5.74, 6) is -3.23. The van der Waals surface area contributed by atoms with Crippen molar-refractivity contribution in [3.63, 3.8) is 0 Å².